The molecule has 0 aliphatic rings. The lowest BCUT2D eigenvalue weighted by Gasteiger charge is -2.17. The molecule has 2 atom stereocenters. The minimum absolute atomic E-state index is 0.535. The third-order valence-electron chi connectivity index (χ3n) is 2.18. The number of carboxylic acids is 1. The molecule has 0 aliphatic heterocycles. The lowest BCUT2D eigenvalue weighted by molar-refractivity contribution is -0.141. The number of carbonyl (C=O) groups is 1. The quantitative estimate of drug-likeness (QED) is 0.773. The second-order valence-corrected chi connectivity index (χ2v) is 4.23. The van der Waals surface area contributed by atoms with E-state index in [0.29, 0.717) is 5.56 Å². The summed E-state index contributed by atoms with van der Waals surface area (Å²) in [6, 6.07) is 3.89. The van der Waals surface area contributed by atoms with Gasteiger partial charge in [-0.25, -0.2) is 0 Å². The third-order valence-corrected chi connectivity index (χ3v) is 2.67. The predicted octanol–water partition coefficient (Wildman–Crippen LogP) is 1.20. The van der Waals surface area contributed by atoms with Crippen LogP contribution in [-0.2, 0) is 4.79 Å². The van der Waals surface area contributed by atoms with Crippen LogP contribution in [0.5, 0.6) is 0 Å². The Morgan fingerprint density at radius 1 is 1.53 bits per heavy atom. The van der Waals surface area contributed by atoms with Gasteiger partial charge in [0.15, 0.2) is 0 Å². The van der Waals surface area contributed by atoms with Crippen LogP contribution >= 0.6 is 15.9 Å². The molecule has 0 radical (unpaired) electrons. The summed E-state index contributed by atoms with van der Waals surface area (Å²) in [5, 5.41) is 18.4. The lowest BCUT2D eigenvalue weighted by Crippen LogP contribution is -2.36. The fraction of sp³-hybridized carbons (Fsp3) is 0.300. The van der Waals surface area contributed by atoms with Gasteiger partial charge in [0.05, 0.1) is 0 Å². The van der Waals surface area contributed by atoms with Gasteiger partial charge in [-0.3, -0.25) is 4.79 Å². The van der Waals surface area contributed by atoms with Gasteiger partial charge >= 0.3 is 5.97 Å². The van der Waals surface area contributed by atoms with Crippen molar-refractivity contribution in [1.29, 1.82) is 0 Å². The molecule has 0 saturated carbocycles. The summed E-state index contributed by atoms with van der Waals surface area (Å²) < 4.78 is 0.875. The molecule has 0 aromatic heterocycles. The van der Waals surface area contributed by atoms with E-state index in [2.05, 4.69) is 15.9 Å². The Morgan fingerprint density at radius 3 is 2.60 bits per heavy atom. The number of aliphatic hydroxyl groups excluding tert-OH is 1. The molecular weight excluding hydrogens is 262 g/mol. The van der Waals surface area contributed by atoms with Crippen LogP contribution in [0.2, 0.25) is 0 Å². The topological polar surface area (TPSA) is 83.5 Å². The number of aliphatic hydroxyl groups is 1. The van der Waals surface area contributed by atoms with Crippen LogP contribution in [0, 0.1) is 6.92 Å². The van der Waals surface area contributed by atoms with Crippen molar-refractivity contribution in [3.05, 3.63) is 33.8 Å². The Balaban J connectivity index is 3.01. The molecule has 0 saturated heterocycles. The zero-order valence-electron chi connectivity index (χ0n) is 8.14. The van der Waals surface area contributed by atoms with Crippen molar-refractivity contribution >= 4 is 21.9 Å². The number of benzene rings is 1. The van der Waals surface area contributed by atoms with Gasteiger partial charge in [-0.2, -0.15) is 0 Å². The fourth-order valence-corrected chi connectivity index (χ4v) is 1.78. The summed E-state index contributed by atoms with van der Waals surface area (Å²) in [6.45, 7) is 1.79. The Labute approximate surface area is 95.8 Å². The van der Waals surface area contributed by atoms with E-state index in [1.54, 1.807) is 25.1 Å². The Bertz CT molecular complexity index is 381. The molecule has 0 amide bonds. The molecule has 15 heavy (non-hydrogen) atoms. The maximum absolute atomic E-state index is 10.6. The van der Waals surface area contributed by atoms with Gasteiger partial charge in [0.1, 0.15) is 12.1 Å². The minimum Gasteiger partial charge on any atom is -0.480 e. The molecule has 82 valence electrons. The molecular formula is C10H12BrNO3. The minimum atomic E-state index is -1.30. The SMILES string of the molecule is Cc1cc(Br)ccc1C(O)C(N)C(=O)O. The monoisotopic (exact) mass is 273 g/mol. The van der Waals surface area contributed by atoms with Crippen LogP contribution in [0.15, 0.2) is 22.7 Å². The molecule has 5 heteroatoms. The van der Waals surface area contributed by atoms with Crippen molar-refractivity contribution in [2.75, 3.05) is 0 Å². The molecule has 0 spiro atoms. The summed E-state index contributed by atoms with van der Waals surface area (Å²) in [7, 11) is 0. The number of halogens is 1. The molecule has 4 nitrogen and oxygen atoms in total. The van der Waals surface area contributed by atoms with Gasteiger partial charge in [-0.1, -0.05) is 22.0 Å². The molecule has 0 heterocycles. The van der Waals surface area contributed by atoms with E-state index in [4.69, 9.17) is 10.8 Å². The van der Waals surface area contributed by atoms with Crippen LogP contribution in [0.25, 0.3) is 0 Å². The van der Waals surface area contributed by atoms with Crippen molar-refractivity contribution in [1.82, 2.24) is 0 Å². The van der Waals surface area contributed by atoms with Gasteiger partial charge in [0.25, 0.3) is 0 Å². The maximum atomic E-state index is 10.6. The first kappa shape index (κ1) is 12.2. The van der Waals surface area contributed by atoms with E-state index in [9.17, 15) is 9.90 Å². The van der Waals surface area contributed by atoms with Crippen molar-refractivity contribution in [3.8, 4) is 0 Å². The number of nitrogens with two attached hydrogens (primary N) is 1. The van der Waals surface area contributed by atoms with Crippen molar-refractivity contribution in [3.63, 3.8) is 0 Å². The van der Waals surface area contributed by atoms with Crippen molar-refractivity contribution in [2.45, 2.75) is 19.1 Å². The van der Waals surface area contributed by atoms with Crippen LogP contribution in [0.3, 0.4) is 0 Å². The summed E-state index contributed by atoms with van der Waals surface area (Å²) in [6.07, 6.45) is -1.18. The first-order chi connectivity index (χ1) is 6.93. The zero-order valence-corrected chi connectivity index (χ0v) is 9.73. The van der Waals surface area contributed by atoms with Gasteiger partial charge in [-0.05, 0) is 30.2 Å². The third kappa shape index (κ3) is 2.77. The molecule has 1 aromatic rings. The summed E-state index contributed by atoms with van der Waals surface area (Å²) >= 11 is 3.28. The average molecular weight is 274 g/mol. The van der Waals surface area contributed by atoms with Crippen molar-refractivity contribution in [2.24, 2.45) is 5.73 Å². The van der Waals surface area contributed by atoms with E-state index in [-0.39, 0.29) is 0 Å². The van der Waals surface area contributed by atoms with Crippen LogP contribution in [0.4, 0.5) is 0 Å². The summed E-state index contributed by atoms with van der Waals surface area (Å²) in [5.74, 6) is -1.22. The second kappa shape index (κ2) is 4.74. The molecule has 0 fully saturated rings. The zero-order chi connectivity index (χ0) is 11.6. The lowest BCUT2D eigenvalue weighted by atomic mass is 9.98. The standard InChI is InChI=1S/C10H12BrNO3/c1-5-4-6(11)2-3-7(5)9(13)8(12)10(14)15/h2-4,8-9,13H,12H2,1H3,(H,14,15). The highest BCUT2D eigenvalue weighted by Crippen LogP contribution is 2.23. The van der Waals surface area contributed by atoms with Crippen LogP contribution < -0.4 is 5.73 Å². The first-order valence-corrected chi connectivity index (χ1v) is 5.15. The first-order valence-electron chi connectivity index (χ1n) is 4.36. The van der Waals surface area contributed by atoms with Gasteiger partial charge in [-0.15, -0.1) is 0 Å². The average Bonchev–Trinajstić information content (AvgIpc) is 2.15. The highest BCUT2D eigenvalue weighted by molar-refractivity contribution is 9.10. The van der Waals surface area contributed by atoms with Crippen LogP contribution in [-0.4, -0.2) is 22.2 Å². The number of hydrogen-bond donors (Lipinski definition) is 3. The van der Waals surface area contributed by atoms with E-state index in [1.807, 2.05) is 0 Å². The van der Waals surface area contributed by atoms with Crippen molar-refractivity contribution < 1.29 is 15.0 Å². The second-order valence-electron chi connectivity index (χ2n) is 3.31. The van der Waals surface area contributed by atoms with E-state index in [1.165, 1.54) is 0 Å². The summed E-state index contributed by atoms with van der Waals surface area (Å²) in [4.78, 5) is 10.6. The Morgan fingerprint density at radius 2 is 2.13 bits per heavy atom. The molecule has 4 N–H and O–H groups in total. The fourth-order valence-electron chi connectivity index (χ4n) is 1.30. The van der Waals surface area contributed by atoms with Gasteiger partial charge in [0, 0.05) is 4.47 Å². The molecule has 0 aliphatic carbocycles. The van der Waals surface area contributed by atoms with E-state index >= 15 is 0 Å². The Kier molecular flexibility index (Phi) is 3.84. The number of rotatable bonds is 3. The Hall–Kier alpha value is -0.910. The number of carboxylic acid groups (broad SMARTS) is 1. The largest absolute Gasteiger partial charge is 0.480 e. The maximum Gasteiger partial charge on any atom is 0.323 e. The molecule has 1 rings (SSSR count). The smallest absolute Gasteiger partial charge is 0.323 e. The summed E-state index contributed by atoms with van der Waals surface area (Å²) in [5.41, 5.74) is 6.67. The highest BCUT2D eigenvalue weighted by atomic mass is 79.9. The van der Waals surface area contributed by atoms with E-state index in [0.717, 1.165) is 10.0 Å². The number of aryl methyl sites for hydroxylation is 1. The number of aliphatic carboxylic acids is 1. The van der Waals surface area contributed by atoms with Gasteiger partial charge < -0.3 is 15.9 Å². The molecule has 1 aromatic carbocycles. The highest BCUT2D eigenvalue weighted by Gasteiger charge is 2.24. The number of hydrogen-bond acceptors (Lipinski definition) is 3. The molecule has 2 unspecified atom stereocenters. The van der Waals surface area contributed by atoms with Crippen LogP contribution in [0.1, 0.15) is 17.2 Å². The van der Waals surface area contributed by atoms with E-state index < -0.39 is 18.1 Å². The van der Waals surface area contributed by atoms with Gasteiger partial charge in [0.2, 0.25) is 0 Å². The normalized spacial score (nSPS) is 14.7. The molecule has 0 bridgehead atoms. The predicted molar refractivity (Wildman–Crippen MR) is 59.5 cm³/mol.